The Labute approximate surface area is 174 Å². The summed E-state index contributed by atoms with van der Waals surface area (Å²) in [5, 5.41) is 3.11. The van der Waals surface area contributed by atoms with Crippen LogP contribution in [0.4, 0.5) is 21.8 Å². The summed E-state index contributed by atoms with van der Waals surface area (Å²) in [5.74, 6) is 6.16. The molecular formula is C23H21FN6. The zero-order valence-electron chi connectivity index (χ0n) is 16.7. The topological polar surface area (TPSA) is 89.1 Å². The number of allylic oxidation sites excluding steroid dienone is 1. The minimum Gasteiger partial charge on any atom is -0.383 e. The van der Waals surface area contributed by atoms with Crippen LogP contribution in [0.3, 0.4) is 0 Å². The van der Waals surface area contributed by atoms with Gasteiger partial charge in [-0.2, -0.15) is 4.98 Å². The number of benzene rings is 1. The monoisotopic (exact) mass is 400 g/mol. The zero-order chi connectivity index (χ0) is 21.3. The Morgan fingerprint density at radius 1 is 1.20 bits per heavy atom. The Kier molecular flexibility index (Phi) is 6.85. The Morgan fingerprint density at radius 2 is 2.00 bits per heavy atom. The normalized spacial score (nSPS) is 11.2. The summed E-state index contributed by atoms with van der Waals surface area (Å²) in [6.07, 6.45) is 7.56. The molecule has 6 nitrogen and oxygen atoms in total. The van der Waals surface area contributed by atoms with Gasteiger partial charge < -0.3 is 11.1 Å². The van der Waals surface area contributed by atoms with Gasteiger partial charge in [-0.15, -0.1) is 0 Å². The molecule has 0 unspecified atom stereocenters. The van der Waals surface area contributed by atoms with Crippen molar-refractivity contribution in [3.8, 4) is 11.8 Å². The lowest BCUT2D eigenvalue weighted by molar-refractivity contribution is 0.625. The van der Waals surface area contributed by atoms with Gasteiger partial charge in [-0.1, -0.05) is 18.9 Å². The molecular weight excluding hydrogens is 379 g/mol. The van der Waals surface area contributed by atoms with E-state index in [1.807, 2.05) is 44.2 Å². The van der Waals surface area contributed by atoms with Crippen molar-refractivity contribution in [2.24, 2.45) is 4.99 Å². The molecule has 7 heteroatoms. The third-order valence-electron chi connectivity index (χ3n) is 3.96. The molecule has 1 aromatic carbocycles. The van der Waals surface area contributed by atoms with E-state index in [1.165, 1.54) is 18.3 Å². The number of pyridine rings is 1. The first-order valence-corrected chi connectivity index (χ1v) is 9.41. The second kappa shape index (κ2) is 9.94. The predicted octanol–water partition coefficient (Wildman–Crippen LogP) is 4.58. The van der Waals surface area contributed by atoms with Crippen LogP contribution in [-0.4, -0.2) is 21.2 Å². The average molecular weight is 400 g/mol. The molecule has 150 valence electrons. The lowest BCUT2D eigenvalue weighted by Gasteiger charge is -2.09. The van der Waals surface area contributed by atoms with Crippen molar-refractivity contribution in [3.63, 3.8) is 0 Å². The van der Waals surface area contributed by atoms with Gasteiger partial charge in [0.15, 0.2) is 0 Å². The number of halogens is 1. The van der Waals surface area contributed by atoms with E-state index in [0.29, 0.717) is 23.0 Å². The molecule has 2 heterocycles. The Hall–Kier alpha value is -4.05. The van der Waals surface area contributed by atoms with Crippen LogP contribution in [0.15, 0.2) is 59.9 Å². The molecule has 0 atom stereocenters. The third-order valence-corrected chi connectivity index (χ3v) is 3.96. The van der Waals surface area contributed by atoms with Crippen LogP contribution < -0.4 is 11.1 Å². The second-order valence-electron chi connectivity index (χ2n) is 6.19. The number of anilines is 3. The van der Waals surface area contributed by atoms with Gasteiger partial charge in [0.2, 0.25) is 5.95 Å². The van der Waals surface area contributed by atoms with Gasteiger partial charge in [-0.3, -0.25) is 4.99 Å². The zero-order valence-corrected chi connectivity index (χ0v) is 16.7. The molecule has 0 saturated heterocycles. The number of nitrogens with two attached hydrogens (primary N) is 1. The number of hydrogen-bond donors (Lipinski definition) is 2. The van der Waals surface area contributed by atoms with Gasteiger partial charge in [0.25, 0.3) is 0 Å². The summed E-state index contributed by atoms with van der Waals surface area (Å²) in [6, 6.07) is 9.95. The van der Waals surface area contributed by atoms with Crippen LogP contribution in [0.5, 0.6) is 0 Å². The fraction of sp³-hybridized carbons (Fsp3) is 0.130. The highest BCUT2D eigenvalue weighted by atomic mass is 19.1. The molecule has 2 aromatic heterocycles. The number of nitrogen functional groups attached to an aromatic ring is 1. The number of rotatable bonds is 5. The fourth-order valence-electron chi connectivity index (χ4n) is 2.59. The SMILES string of the molecule is CC=N/C(=C\CC)c1cnc(Nc2ccc(C#Cc3cc(F)ccn3)cc2)nc1N. The second-order valence-corrected chi connectivity index (χ2v) is 6.19. The van der Waals surface area contributed by atoms with Crippen LogP contribution in [0.25, 0.3) is 5.70 Å². The van der Waals surface area contributed by atoms with E-state index >= 15 is 0 Å². The number of hydrogen-bond acceptors (Lipinski definition) is 6. The highest BCUT2D eigenvalue weighted by Crippen LogP contribution is 2.23. The van der Waals surface area contributed by atoms with E-state index in [-0.39, 0.29) is 5.82 Å². The summed E-state index contributed by atoms with van der Waals surface area (Å²) in [4.78, 5) is 17.0. The first-order chi connectivity index (χ1) is 14.6. The van der Waals surface area contributed by atoms with E-state index < -0.39 is 0 Å². The van der Waals surface area contributed by atoms with Crippen molar-refractivity contribution in [3.05, 3.63) is 77.5 Å². The number of aliphatic imine (C=N–C) groups is 1. The van der Waals surface area contributed by atoms with Crippen molar-refractivity contribution in [2.45, 2.75) is 20.3 Å². The molecule has 0 fully saturated rings. The van der Waals surface area contributed by atoms with Crippen molar-refractivity contribution in [1.29, 1.82) is 0 Å². The first kappa shape index (κ1) is 20.7. The van der Waals surface area contributed by atoms with E-state index in [2.05, 4.69) is 37.1 Å². The summed E-state index contributed by atoms with van der Waals surface area (Å²) >= 11 is 0. The molecule has 0 saturated carbocycles. The molecule has 0 aliphatic carbocycles. The Morgan fingerprint density at radius 3 is 2.67 bits per heavy atom. The minimum absolute atomic E-state index is 0.350. The van der Waals surface area contributed by atoms with E-state index in [4.69, 9.17) is 5.73 Å². The van der Waals surface area contributed by atoms with Gasteiger partial charge in [0, 0.05) is 35.9 Å². The quantitative estimate of drug-likeness (QED) is 0.483. The molecule has 0 amide bonds. The molecule has 0 aliphatic rings. The molecule has 0 spiro atoms. The number of nitrogens with zero attached hydrogens (tertiary/aromatic N) is 4. The van der Waals surface area contributed by atoms with Gasteiger partial charge in [0.1, 0.15) is 17.3 Å². The van der Waals surface area contributed by atoms with Gasteiger partial charge in [0.05, 0.1) is 11.3 Å². The smallest absolute Gasteiger partial charge is 0.229 e. The summed E-state index contributed by atoms with van der Waals surface area (Å²) in [6.45, 7) is 3.88. The van der Waals surface area contributed by atoms with Crippen molar-refractivity contribution >= 4 is 29.4 Å². The maximum absolute atomic E-state index is 13.2. The van der Waals surface area contributed by atoms with Gasteiger partial charge in [-0.25, -0.2) is 14.4 Å². The van der Waals surface area contributed by atoms with Crippen LogP contribution in [0, 0.1) is 17.7 Å². The van der Waals surface area contributed by atoms with Crippen LogP contribution in [-0.2, 0) is 0 Å². The maximum atomic E-state index is 13.2. The standard InChI is InChI=1S/C23H21FN6/c1-3-5-21(26-4-2)20-15-28-23(30-22(20)25)29-18-9-6-16(7-10-18)8-11-19-14-17(24)12-13-27-19/h4-7,9-10,12-15H,3H2,1-2H3,(H3,25,28,29,30)/b21-5-,26-4?. The molecule has 30 heavy (non-hydrogen) atoms. The average Bonchev–Trinajstić information content (AvgIpc) is 2.73. The first-order valence-electron chi connectivity index (χ1n) is 9.41. The Bertz CT molecular complexity index is 1140. The summed E-state index contributed by atoms with van der Waals surface area (Å²) < 4.78 is 13.2. The Balaban J connectivity index is 1.73. The molecule has 0 bridgehead atoms. The van der Waals surface area contributed by atoms with Gasteiger partial charge >= 0.3 is 0 Å². The molecule has 0 radical (unpaired) electrons. The predicted molar refractivity (Wildman–Crippen MR) is 119 cm³/mol. The van der Waals surface area contributed by atoms with E-state index in [1.54, 1.807) is 12.4 Å². The highest BCUT2D eigenvalue weighted by Gasteiger charge is 2.08. The summed E-state index contributed by atoms with van der Waals surface area (Å²) in [7, 11) is 0. The lowest BCUT2D eigenvalue weighted by atomic mass is 10.2. The van der Waals surface area contributed by atoms with Crippen molar-refractivity contribution in [1.82, 2.24) is 15.0 Å². The van der Waals surface area contributed by atoms with Crippen molar-refractivity contribution < 1.29 is 4.39 Å². The minimum atomic E-state index is -0.363. The number of nitrogens with one attached hydrogen (secondary N) is 1. The summed E-state index contributed by atoms with van der Waals surface area (Å²) in [5.41, 5.74) is 9.49. The van der Waals surface area contributed by atoms with Crippen LogP contribution in [0.1, 0.15) is 37.1 Å². The molecule has 0 aliphatic heterocycles. The molecule has 3 aromatic rings. The molecule has 3 rings (SSSR count). The third kappa shape index (κ3) is 5.49. The van der Waals surface area contributed by atoms with Crippen LogP contribution >= 0.6 is 0 Å². The molecule has 3 N–H and O–H groups in total. The number of aromatic nitrogens is 3. The van der Waals surface area contributed by atoms with E-state index in [9.17, 15) is 4.39 Å². The largest absolute Gasteiger partial charge is 0.383 e. The van der Waals surface area contributed by atoms with Gasteiger partial charge in [-0.05, 0) is 49.6 Å². The van der Waals surface area contributed by atoms with Crippen LogP contribution in [0.2, 0.25) is 0 Å². The van der Waals surface area contributed by atoms with Crippen molar-refractivity contribution in [2.75, 3.05) is 11.1 Å². The van der Waals surface area contributed by atoms with E-state index in [0.717, 1.165) is 23.4 Å². The lowest BCUT2D eigenvalue weighted by Crippen LogP contribution is -2.03. The highest BCUT2D eigenvalue weighted by molar-refractivity contribution is 5.77. The fourth-order valence-corrected chi connectivity index (χ4v) is 2.59. The maximum Gasteiger partial charge on any atom is 0.229 e.